The molecule has 1 rings (SSSR count). The predicted molar refractivity (Wildman–Crippen MR) is 59.4 cm³/mol. The summed E-state index contributed by atoms with van der Waals surface area (Å²) in [6, 6.07) is 0. The molecule has 0 fully saturated rings. The molecule has 1 heterocycles. The molecule has 80 valence electrons. The van der Waals surface area contributed by atoms with Crippen LogP contribution < -0.4 is 5.32 Å². The number of ether oxygens (including phenoxy) is 1. The Kier molecular flexibility index (Phi) is 5.20. The van der Waals surface area contributed by atoms with Crippen LogP contribution in [0.4, 0.5) is 0 Å². The maximum atomic E-state index is 5.53. The summed E-state index contributed by atoms with van der Waals surface area (Å²) in [5, 5.41) is 3.29. The van der Waals surface area contributed by atoms with Crippen LogP contribution in [-0.2, 0) is 4.74 Å². The van der Waals surface area contributed by atoms with E-state index in [0.717, 1.165) is 18.6 Å². The van der Waals surface area contributed by atoms with E-state index in [4.69, 9.17) is 4.74 Å². The zero-order valence-corrected chi connectivity index (χ0v) is 9.31. The molecule has 0 spiro atoms. The van der Waals surface area contributed by atoms with Crippen molar-refractivity contribution in [3.63, 3.8) is 0 Å². The Morgan fingerprint density at radius 3 is 2.57 bits per heavy atom. The highest BCUT2D eigenvalue weighted by atomic mass is 16.5. The molecule has 0 aliphatic carbocycles. The Labute approximate surface area is 87.0 Å². The minimum atomic E-state index is 1.06. The van der Waals surface area contributed by atoms with Gasteiger partial charge in [0.15, 0.2) is 0 Å². The van der Waals surface area contributed by atoms with E-state index in [-0.39, 0.29) is 0 Å². The molecule has 1 aliphatic heterocycles. The summed E-state index contributed by atoms with van der Waals surface area (Å²) in [5.74, 6) is 1.14. The van der Waals surface area contributed by atoms with Crippen molar-refractivity contribution < 1.29 is 4.74 Å². The molecule has 0 saturated heterocycles. The van der Waals surface area contributed by atoms with Crippen LogP contribution in [0.25, 0.3) is 0 Å². The molecule has 0 saturated carbocycles. The third-order valence-electron chi connectivity index (χ3n) is 2.41. The van der Waals surface area contributed by atoms with Gasteiger partial charge in [-0.25, -0.2) is 0 Å². The monoisotopic (exact) mass is 195 g/mol. The van der Waals surface area contributed by atoms with E-state index in [1.807, 2.05) is 6.20 Å². The van der Waals surface area contributed by atoms with Crippen LogP contribution in [-0.4, -0.2) is 0 Å². The number of hydrogen-bond donors (Lipinski definition) is 1. The summed E-state index contributed by atoms with van der Waals surface area (Å²) in [6.45, 7) is 4.42. The van der Waals surface area contributed by atoms with Gasteiger partial charge < -0.3 is 10.1 Å². The first-order chi connectivity index (χ1) is 6.88. The zero-order valence-electron chi connectivity index (χ0n) is 9.31. The smallest absolute Gasteiger partial charge is 0.122 e. The van der Waals surface area contributed by atoms with Crippen LogP contribution in [0.15, 0.2) is 23.9 Å². The van der Waals surface area contributed by atoms with Gasteiger partial charge in [-0.1, -0.05) is 26.7 Å². The van der Waals surface area contributed by atoms with Gasteiger partial charge in [-0.3, -0.25) is 0 Å². The van der Waals surface area contributed by atoms with E-state index in [1.54, 1.807) is 6.26 Å². The number of allylic oxidation sites excluding steroid dienone is 2. The van der Waals surface area contributed by atoms with Crippen LogP contribution in [0.1, 0.15) is 52.4 Å². The number of unbranched alkanes of at least 4 members (excludes halogenated alkanes) is 2. The van der Waals surface area contributed by atoms with Crippen molar-refractivity contribution in [2.75, 3.05) is 0 Å². The fourth-order valence-electron chi connectivity index (χ4n) is 1.51. The molecule has 0 radical (unpaired) electrons. The summed E-state index contributed by atoms with van der Waals surface area (Å²) in [5.41, 5.74) is 1.28. The molecular formula is C12H21NO. The molecule has 0 unspecified atom stereocenters. The highest BCUT2D eigenvalue weighted by molar-refractivity contribution is 5.13. The maximum absolute atomic E-state index is 5.53. The molecule has 0 amide bonds. The second kappa shape index (κ2) is 6.52. The van der Waals surface area contributed by atoms with Crippen molar-refractivity contribution in [3.8, 4) is 0 Å². The molecule has 1 aliphatic rings. The van der Waals surface area contributed by atoms with Gasteiger partial charge in [-0.2, -0.15) is 0 Å². The highest BCUT2D eigenvalue weighted by Crippen LogP contribution is 2.19. The average Bonchev–Trinajstić information content (AvgIpc) is 2.24. The van der Waals surface area contributed by atoms with Crippen molar-refractivity contribution in [3.05, 3.63) is 23.9 Å². The molecule has 0 atom stereocenters. The van der Waals surface area contributed by atoms with Crippen LogP contribution in [0.2, 0.25) is 0 Å². The van der Waals surface area contributed by atoms with Gasteiger partial charge in [0.1, 0.15) is 12.0 Å². The molecule has 0 aromatic carbocycles. The molecule has 0 aromatic rings. The summed E-state index contributed by atoms with van der Waals surface area (Å²) >= 11 is 0. The molecule has 14 heavy (non-hydrogen) atoms. The third-order valence-corrected chi connectivity index (χ3v) is 2.41. The first-order valence-electron chi connectivity index (χ1n) is 5.68. The topological polar surface area (TPSA) is 21.3 Å². The molecule has 2 nitrogen and oxygen atoms in total. The van der Waals surface area contributed by atoms with Gasteiger partial charge in [0, 0.05) is 12.6 Å². The lowest BCUT2D eigenvalue weighted by Crippen LogP contribution is -2.13. The minimum absolute atomic E-state index is 1.06. The van der Waals surface area contributed by atoms with Crippen molar-refractivity contribution in [2.45, 2.75) is 52.4 Å². The van der Waals surface area contributed by atoms with E-state index < -0.39 is 0 Å². The minimum Gasteiger partial charge on any atom is -0.466 e. The van der Waals surface area contributed by atoms with E-state index in [2.05, 4.69) is 19.2 Å². The quantitative estimate of drug-likeness (QED) is 0.698. The van der Waals surface area contributed by atoms with Gasteiger partial charge in [0.25, 0.3) is 0 Å². The SMILES string of the molecule is CCCCC1=C(CCCC)OC=CN1. The highest BCUT2D eigenvalue weighted by Gasteiger charge is 2.09. The van der Waals surface area contributed by atoms with Crippen LogP contribution in [0.5, 0.6) is 0 Å². The molecular weight excluding hydrogens is 174 g/mol. The van der Waals surface area contributed by atoms with Crippen molar-refractivity contribution in [2.24, 2.45) is 0 Å². The van der Waals surface area contributed by atoms with Crippen molar-refractivity contribution >= 4 is 0 Å². The van der Waals surface area contributed by atoms with Crippen molar-refractivity contribution in [1.29, 1.82) is 0 Å². The van der Waals surface area contributed by atoms with Crippen LogP contribution >= 0.6 is 0 Å². The fraction of sp³-hybridized carbons (Fsp3) is 0.667. The lowest BCUT2D eigenvalue weighted by Gasteiger charge is -2.18. The second-order valence-corrected chi connectivity index (χ2v) is 3.67. The fourth-order valence-corrected chi connectivity index (χ4v) is 1.51. The Balaban J connectivity index is 2.47. The summed E-state index contributed by atoms with van der Waals surface area (Å²) < 4.78 is 5.53. The van der Waals surface area contributed by atoms with Crippen LogP contribution in [0, 0.1) is 0 Å². The summed E-state index contributed by atoms with van der Waals surface area (Å²) in [4.78, 5) is 0. The molecule has 2 heteroatoms. The Morgan fingerprint density at radius 2 is 1.86 bits per heavy atom. The van der Waals surface area contributed by atoms with E-state index >= 15 is 0 Å². The van der Waals surface area contributed by atoms with E-state index in [0.29, 0.717) is 0 Å². The zero-order chi connectivity index (χ0) is 10.2. The lowest BCUT2D eigenvalue weighted by atomic mass is 10.1. The first kappa shape index (κ1) is 11.2. The third kappa shape index (κ3) is 3.44. The van der Waals surface area contributed by atoms with Crippen molar-refractivity contribution in [1.82, 2.24) is 5.32 Å². The normalized spacial score (nSPS) is 15.3. The van der Waals surface area contributed by atoms with Gasteiger partial charge >= 0.3 is 0 Å². The molecule has 0 aromatic heterocycles. The second-order valence-electron chi connectivity index (χ2n) is 3.67. The van der Waals surface area contributed by atoms with Gasteiger partial charge in [-0.15, -0.1) is 0 Å². The standard InChI is InChI=1S/C12H21NO/c1-3-5-7-11-12(8-6-4-2)14-10-9-13-11/h9-10,13H,3-8H2,1-2H3. The Morgan fingerprint density at radius 1 is 1.14 bits per heavy atom. The summed E-state index contributed by atoms with van der Waals surface area (Å²) in [7, 11) is 0. The number of nitrogens with one attached hydrogen (secondary N) is 1. The van der Waals surface area contributed by atoms with Gasteiger partial charge in [0.05, 0.1) is 5.70 Å². The average molecular weight is 195 g/mol. The lowest BCUT2D eigenvalue weighted by molar-refractivity contribution is 0.306. The largest absolute Gasteiger partial charge is 0.466 e. The predicted octanol–water partition coefficient (Wildman–Crippen LogP) is 3.67. The first-order valence-corrected chi connectivity index (χ1v) is 5.68. The number of hydrogen-bond acceptors (Lipinski definition) is 2. The molecule has 0 bridgehead atoms. The van der Waals surface area contributed by atoms with E-state index in [1.165, 1.54) is 31.4 Å². The summed E-state index contributed by atoms with van der Waals surface area (Å²) in [6.07, 6.45) is 10.7. The Bertz CT molecular complexity index is 196. The number of rotatable bonds is 6. The maximum Gasteiger partial charge on any atom is 0.122 e. The van der Waals surface area contributed by atoms with Gasteiger partial charge in [-0.05, 0) is 19.3 Å². The van der Waals surface area contributed by atoms with Crippen LogP contribution in [0.3, 0.4) is 0 Å². The van der Waals surface area contributed by atoms with E-state index in [9.17, 15) is 0 Å². The molecule has 1 N–H and O–H groups in total. The Hall–Kier alpha value is -0.920. The van der Waals surface area contributed by atoms with Gasteiger partial charge in [0.2, 0.25) is 0 Å².